The third kappa shape index (κ3) is 3.90. The van der Waals surface area contributed by atoms with Crippen LogP contribution in [0.5, 0.6) is 0 Å². The first-order valence-electron chi connectivity index (χ1n) is 7.14. The second kappa shape index (κ2) is 6.52. The van der Waals surface area contributed by atoms with Crippen LogP contribution in [0.2, 0.25) is 0 Å². The van der Waals surface area contributed by atoms with Gasteiger partial charge in [-0.25, -0.2) is 0 Å². The number of benzene rings is 1. The summed E-state index contributed by atoms with van der Waals surface area (Å²) in [4.78, 5) is 36.6. The van der Waals surface area contributed by atoms with Gasteiger partial charge in [0.1, 0.15) is 5.78 Å². The third-order valence-electron chi connectivity index (χ3n) is 3.79. The van der Waals surface area contributed by atoms with Crippen molar-refractivity contribution in [3.05, 3.63) is 29.8 Å². The maximum absolute atomic E-state index is 12.4. The van der Waals surface area contributed by atoms with Gasteiger partial charge in [0, 0.05) is 37.2 Å². The molecule has 0 aromatic heterocycles. The predicted molar refractivity (Wildman–Crippen MR) is 80.1 cm³/mol. The number of ketones is 1. The first-order valence-corrected chi connectivity index (χ1v) is 7.14. The monoisotopic (exact) mass is 288 g/mol. The van der Waals surface area contributed by atoms with Gasteiger partial charge in [0.05, 0.1) is 0 Å². The molecule has 112 valence electrons. The van der Waals surface area contributed by atoms with E-state index in [0.717, 1.165) is 12.8 Å². The van der Waals surface area contributed by atoms with Gasteiger partial charge in [0.2, 0.25) is 5.91 Å². The molecule has 2 rings (SSSR count). The third-order valence-corrected chi connectivity index (χ3v) is 3.79. The Bertz CT molecular complexity index is 560. The van der Waals surface area contributed by atoms with Crippen molar-refractivity contribution in [3.63, 3.8) is 0 Å². The van der Waals surface area contributed by atoms with Gasteiger partial charge in [0.25, 0.3) is 5.91 Å². The Morgan fingerprint density at radius 2 is 1.81 bits per heavy atom. The second-order valence-corrected chi connectivity index (χ2v) is 5.44. The number of nitrogens with one attached hydrogen (secondary N) is 1. The van der Waals surface area contributed by atoms with Crippen LogP contribution in [0.3, 0.4) is 0 Å². The van der Waals surface area contributed by atoms with Gasteiger partial charge in [-0.05, 0) is 38.0 Å². The van der Waals surface area contributed by atoms with Crippen molar-refractivity contribution >= 4 is 23.3 Å². The molecule has 5 heteroatoms. The molecule has 1 aliphatic heterocycles. The molecule has 1 fully saturated rings. The summed E-state index contributed by atoms with van der Waals surface area (Å²) in [5.74, 6) is 0.0700. The van der Waals surface area contributed by atoms with Crippen LogP contribution in [0.1, 0.15) is 37.0 Å². The number of hydrogen-bond donors (Lipinski definition) is 1. The van der Waals surface area contributed by atoms with Crippen molar-refractivity contribution in [1.29, 1.82) is 0 Å². The van der Waals surface area contributed by atoms with Crippen LogP contribution in [0.4, 0.5) is 5.69 Å². The molecule has 5 nitrogen and oxygen atoms in total. The average molecular weight is 288 g/mol. The quantitative estimate of drug-likeness (QED) is 0.926. The van der Waals surface area contributed by atoms with Crippen LogP contribution >= 0.6 is 0 Å². The molecule has 2 amide bonds. The molecule has 1 N–H and O–H groups in total. The summed E-state index contributed by atoms with van der Waals surface area (Å²) < 4.78 is 0. The Morgan fingerprint density at radius 3 is 2.38 bits per heavy atom. The molecule has 0 spiro atoms. The molecule has 0 aliphatic carbocycles. The molecule has 0 atom stereocenters. The Balaban J connectivity index is 2.04. The largest absolute Gasteiger partial charge is 0.339 e. The van der Waals surface area contributed by atoms with Gasteiger partial charge in [-0.2, -0.15) is 0 Å². The summed E-state index contributed by atoms with van der Waals surface area (Å²) in [5, 5.41) is 2.67. The number of Topliss-reactive ketones (excluding diaryl/α,β-unsaturated/α-hetero) is 1. The minimum atomic E-state index is -0.165. The van der Waals surface area contributed by atoms with Crippen LogP contribution in [-0.4, -0.2) is 35.6 Å². The van der Waals surface area contributed by atoms with Crippen LogP contribution in [0.25, 0.3) is 0 Å². The van der Waals surface area contributed by atoms with E-state index in [4.69, 9.17) is 0 Å². The van der Waals surface area contributed by atoms with Gasteiger partial charge in [-0.1, -0.05) is 6.07 Å². The van der Waals surface area contributed by atoms with E-state index in [1.54, 1.807) is 36.1 Å². The number of amides is 2. The molecule has 1 saturated heterocycles. The SMILES string of the molecule is CC(=O)Nc1cccc(C(=O)N2CCC(C(C)=O)CC2)c1. The summed E-state index contributed by atoms with van der Waals surface area (Å²) in [6, 6.07) is 6.92. The lowest BCUT2D eigenvalue weighted by molar-refractivity contribution is -0.122. The fraction of sp³-hybridized carbons (Fsp3) is 0.438. The number of anilines is 1. The molecule has 1 aliphatic rings. The lowest BCUT2D eigenvalue weighted by Crippen LogP contribution is -2.39. The van der Waals surface area contributed by atoms with E-state index in [1.807, 2.05) is 0 Å². The van der Waals surface area contributed by atoms with Crippen molar-refractivity contribution in [3.8, 4) is 0 Å². The van der Waals surface area contributed by atoms with Crippen molar-refractivity contribution < 1.29 is 14.4 Å². The molecule has 0 bridgehead atoms. The van der Waals surface area contributed by atoms with Gasteiger partial charge < -0.3 is 10.2 Å². The molecule has 1 heterocycles. The maximum atomic E-state index is 12.4. The fourth-order valence-electron chi connectivity index (χ4n) is 2.60. The summed E-state index contributed by atoms with van der Waals surface area (Å²) >= 11 is 0. The molecule has 0 radical (unpaired) electrons. The Labute approximate surface area is 124 Å². The maximum Gasteiger partial charge on any atom is 0.253 e. The van der Waals surface area contributed by atoms with Crippen molar-refractivity contribution in [2.45, 2.75) is 26.7 Å². The van der Waals surface area contributed by atoms with Crippen molar-refractivity contribution in [2.75, 3.05) is 18.4 Å². The first-order chi connectivity index (χ1) is 9.97. The minimum Gasteiger partial charge on any atom is -0.339 e. The Morgan fingerprint density at radius 1 is 1.14 bits per heavy atom. The van der Waals surface area contributed by atoms with Crippen LogP contribution in [0, 0.1) is 5.92 Å². The number of carbonyl (C=O) groups excluding carboxylic acids is 3. The summed E-state index contributed by atoms with van der Waals surface area (Å²) in [6.07, 6.45) is 1.46. The average Bonchev–Trinajstić information content (AvgIpc) is 2.46. The molecule has 21 heavy (non-hydrogen) atoms. The number of piperidine rings is 1. The predicted octanol–water partition coefficient (Wildman–Crippen LogP) is 2.09. The number of nitrogens with zero attached hydrogens (tertiary/aromatic N) is 1. The highest BCUT2D eigenvalue weighted by atomic mass is 16.2. The van der Waals surface area contributed by atoms with E-state index >= 15 is 0 Å². The van der Waals surface area contributed by atoms with Crippen LogP contribution in [-0.2, 0) is 9.59 Å². The fourth-order valence-corrected chi connectivity index (χ4v) is 2.60. The van der Waals surface area contributed by atoms with E-state index in [0.29, 0.717) is 24.3 Å². The number of rotatable bonds is 3. The molecule has 1 aromatic rings. The molecular formula is C16H20N2O3. The standard InChI is InChI=1S/C16H20N2O3/c1-11(19)13-6-8-18(9-7-13)16(21)14-4-3-5-15(10-14)17-12(2)20/h3-5,10,13H,6-9H2,1-2H3,(H,17,20). The second-order valence-electron chi connectivity index (χ2n) is 5.44. The van der Waals surface area contributed by atoms with Crippen LogP contribution in [0.15, 0.2) is 24.3 Å². The number of likely N-dealkylation sites (tertiary alicyclic amines) is 1. The summed E-state index contributed by atoms with van der Waals surface area (Å²) in [5.41, 5.74) is 1.18. The van der Waals surface area contributed by atoms with Gasteiger partial charge >= 0.3 is 0 Å². The van der Waals surface area contributed by atoms with Gasteiger partial charge in [-0.15, -0.1) is 0 Å². The van der Waals surface area contributed by atoms with Gasteiger partial charge in [-0.3, -0.25) is 14.4 Å². The smallest absolute Gasteiger partial charge is 0.253 e. The highest BCUT2D eigenvalue weighted by Gasteiger charge is 2.25. The number of carbonyl (C=O) groups is 3. The topological polar surface area (TPSA) is 66.5 Å². The normalized spacial score (nSPS) is 15.6. The van der Waals surface area contributed by atoms with Crippen molar-refractivity contribution in [1.82, 2.24) is 4.90 Å². The zero-order chi connectivity index (χ0) is 15.4. The highest BCUT2D eigenvalue weighted by Crippen LogP contribution is 2.20. The van der Waals surface area contributed by atoms with E-state index in [-0.39, 0.29) is 23.5 Å². The first kappa shape index (κ1) is 15.2. The summed E-state index contributed by atoms with van der Waals surface area (Å²) in [7, 11) is 0. The molecular weight excluding hydrogens is 268 g/mol. The number of hydrogen-bond acceptors (Lipinski definition) is 3. The van der Waals surface area contributed by atoms with E-state index in [2.05, 4.69) is 5.32 Å². The van der Waals surface area contributed by atoms with Crippen molar-refractivity contribution in [2.24, 2.45) is 5.92 Å². The summed E-state index contributed by atoms with van der Waals surface area (Å²) in [6.45, 7) is 4.25. The Kier molecular flexibility index (Phi) is 4.73. The molecule has 0 saturated carbocycles. The van der Waals surface area contributed by atoms with Crippen LogP contribution < -0.4 is 5.32 Å². The van der Waals surface area contributed by atoms with E-state index < -0.39 is 0 Å². The zero-order valence-corrected chi connectivity index (χ0v) is 12.4. The van der Waals surface area contributed by atoms with Gasteiger partial charge in [0.15, 0.2) is 0 Å². The zero-order valence-electron chi connectivity index (χ0n) is 12.4. The highest BCUT2D eigenvalue weighted by molar-refractivity contribution is 5.97. The molecule has 0 unspecified atom stereocenters. The van der Waals surface area contributed by atoms with E-state index in [9.17, 15) is 14.4 Å². The minimum absolute atomic E-state index is 0.0517. The van der Waals surface area contributed by atoms with E-state index in [1.165, 1.54) is 6.92 Å². The Hall–Kier alpha value is -2.17. The lowest BCUT2D eigenvalue weighted by atomic mass is 9.93. The lowest BCUT2D eigenvalue weighted by Gasteiger charge is -2.31. The molecule has 1 aromatic carbocycles.